The van der Waals surface area contributed by atoms with E-state index in [1.165, 1.54) is 7.11 Å². The van der Waals surface area contributed by atoms with Gasteiger partial charge in [0.05, 0.1) is 12.2 Å². The largest absolute Gasteiger partial charge is 0.480 e. The summed E-state index contributed by atoms with van der Waals surface area (Å²) in [5, 5.41) is 11.6. The topological polar surface area (TPSA) is 80.6 Å². The Bertz CT molecular complexity index is 722. The van der Waals surface area contributed by atoms with E-state index in [4.69, 9.17) is 9.84 Å². The summed E-state index contributed by atoms with van der Waals surface area (Å²) in [4.78, 5) is 23.6. The van der Waals surface area contributed by atoms with Gasteiger partial charge in [0.1, 0.15) is 0 Å². The number of aromatic nitrogens is 1. The first kappa shape index (κ1) is 17.7. The lowest BCUT2D eigenvalue weighted by Gasteiger charge is -2.14. The normalized spacial score (nSPS) is 12.0. The van der Waals surface area contributed by atoms with Gasteiger partial charge in [-0.1, -0.05) is 30.3 Å². The summed E-state index contributed by atoms with van der Waals surface area (Å²) in [6.45, 7) is 4.36. The predicted octanol–water partition coefficient (Wildman–Crippen LogP) is 1.98. The third-order valence-corrected chi connectivity index (χ3v) is 3.94. The highest BCUT2D eigenvalue weighted by atomic mass is 16.5. The molecule has 6 nitrogen and oxygen atoms in total. The summed E-state index contributed by atoms with van der Waals surface area (Å²) in [6, 6.07) is 10.7. The van der Waals surface area contributed by atoms with Gasteiger partial charge in [0.15, 0.2) is 6.04 Å². The summed E-state index contributed by atoms with van der Waals surface area (Å²) < 4.78 is 6.88. The minimum Gasteiger partial charge on any atom is -0.480 e. The number of nitrogens with zero attached hydrogens (tertiary/aromatic N) is 1. The van der Waals surface area contributed by atoms with Crippen LogP contribution in [0.25, 0.3) is 0 Å². The lowest BCUT2D eigenvalue weighted by Crippen LogP contribution is -2.43. The van der Waals surface area contributed by atoms with Gasteiger partial charge < -0.3 is 19.7 Å². The van der Waals surface area contributed by atoms with Crippen LogP contribution in [0.4, 0.5) is 0 Å². The number of rotatable bonds is 7. The molecule has 1 aromatic heterocycles. The zero-order chi connectivity index (χ0) is 17.7. The highest BCUT2D eigenvalue weighted by Gasteiger charge is 2.23. The summed E-state index contributed by atoms with van der Waals surface area (Å²) in [7, 11) is 1.40. The zero-order valence-electron chi connectivity index (χ0n) is 14.1. The number of carbonyl (C=O) groups excluding carboxylic acids is 1. The molecule has 0 saturated carbocycles. The first-order valence-corrected chi connectivity index (χ1v) is 7.67. The van der Waals surface area contributed by atoms with E-state index in [9.17, 15) is 9.59 Å². The van der Waals surface area contributed by atoms with Gasteiger partial charge in [0.2, 0.25) is 0 Å². The molecule has 0 spiro atoms. The molecule has 0 aliphatic carbocycles. The summed E-state index contributed by atoms with van der Waals surface area (Å²) in [5.74, 6) is -1.53. The molecule has 0 fully saturated rings. The molecule has 0 saturated heterocycles. The number of carbonyl (C=O) groups is 2. The van der Waals surface area contributed by atoms with Crippen molar-refractivity contribution < 1.29 is 19.4 Å². The SMILES string of the molecule is COCC(NC(=O)c1cc(C)n(Cc2ccccc2)c1C)C(=O)O. The minimum atomic E-state index is -1.12. The van der Waals surface area contributed by atoms with Crippen LogP contribution in [0.1, 0.15) is 27.3 Å². The van der Waals surface area contributed by atoms with E-state index in [2.05, 4.69) is 5.32 Å². The molecule has 128 valence electrons. The number of ether oxygens (including phenoxy) is 1. The monoisotopic (exact) mass is 330 g/mol. The van der Waals surface area contributed by atoms with Crippen molar-refractivity contribution in [2.24, 2.45) is 0 Å². The van der Waals surface area contributed by atoms with Crippen LogP contribution >= 0.6 is 0 Å². The molecule has 0 bridgehead atoms. The van der Waals surface area contributed by atoms with Crippen molar-refractivity contribution in [2.75, 3.05) is 13.7 Å². The maximum atomic E-state index is 12.4. The number of nitrogens with one attached hydrogen (secondary N) is 1. The van der Waals surface area contributed by atoms with E-state index >= 15 is 0 Å². The van der Waals surface area contributed by atoms with Gasteiger partial charge in [-0.25, -0.2) is 4.79 Å². The number of benzene rings is 1. The number of methoxy groups -OCH3 is 1. The summed E-state index contributed by atoms with van der Waals surface area (Å²) >= 11 is 0. The Morgan fingerprint density at radius 3 is 2.50 bits per heavy atom. The average Bonchev–Trinajstić information content (AvgIpc) is 2.83. The van der Waals surface area contributed by atoms with Crippen molar-refractivity contribution in [1.29, 1.82) is 0 Å². The van der Waals surface area contributed by atoms with Crippen molar-refractivity contribution in [3.05, 3.63) is 58.9 Å². The van der Waals surface area contributed by atoms with E-state index in [0.29, 0.717) is 12.1 Å². The molecule has 1 heterocycles. The van der Waals surface area contributed by atoms with Crippen LogP contribution in [-0.4, -0.2) is 41.3 Å². The second-order valence-electron chi connectivity index (χ2n) is 5.68. The fourth-order valence-corrected chi connectivity index (χ4v) is 2.62. The van der Waals surface area contributed by atoms with Crippen LogP contribution in [0.2, 0.25) is 0 Å². The van der Waals surface area contributed by atoms with Crippen molar-refractivity contribution in [3.8, 4) is 0 Å². The van der Waals surface area contributed by atoms with Gasteiger partial charge >= 0.3 is 5.97 Å². The standard InChI is InChI=1S/C18H22N2O4/c1-12-9-15(17(21)19-16(11-24-3)18(22)23)13(2)20(12)10-14-7-5-4-6-8-14/h4-9,16H,10-11H2,1-3H3,(H,19,21)(H,22,23). The Hall–Kier alpha value is -2.60. The van der Waals surface area contributed by atoms with Gasteiger partial charge in [0.25, 0.3) is 5.91 Å². The fraction of sp³-hybridized carbons (Fsp3) is 0.333. The van der Waals surface area contributed by atoms with E-state index in [0.717, 1.165) is 17.0 Å². The molecule has 1 amide bonds. The minimum absolute atomic E-state index is 0.0795. The summed E-state index contributed by atoms with van der Waals surface area (Å²) in [6.07, 6.45) is 0. The number of amides is 1. The number of carboxylic acid groups (broad SMARTS) is 1. The lowest BCUT2D eigenvalue weighted by molar-refractivity contribution is -0.140. The van der Waals surface area contributed by atoms with Crippen LogP contribution in [0.15, 0.2) is 36.4 Å². The summed E-state index contributed by atoms with van der Waals surface area (Å²) in [5.41, 5.74) is 3.36. The van der Waals surface area contributed by atoms with Crippen LogP contribution < -0.4 is 5.32 Å². The second-order valence-corrected chi connectivity index (χ2v) is 5.68. The van der Waals surface area contributed by atoms with Gasteiger partial charge in [-0.3, -0.25) is 4.79 Å². The van der Waals surface area contributed by atoms with E-state index in [-0.39, 0.29) is 6.61 Å². The third kappa shape index (κ3) is 4.02. The highest BCUT2D eigenvalue weighted by molar-refractivity contribution is 5.97. The Morgan fingerprint density at radius 2 is 1.92 bits per heavy atom. The number of hydrogen-bond donors (Lipinski definition) is 2. The van der Waals surface area contributed by atoms with Crippen LogP contribution in [-0.2, 0) is 16.1 Å². The third-order valence-electron chi connectivity index (χ3n) is 3.94. The number of aliphatic carboxylic acids is 1. The predicted molar refractivity (Wildman–Crippen MR) is 90.2 cm³/mol. The molecule has 2 rings (SSSR count). The highest BCUT2D eigenvalue weighted by Crippen LogP contribution is 2.17. The molecule has 6 heteroatoms. The van der Waals surface area contributed by atoms with Crippen LogP contribution in [0.5, 0.6) is 0 Å². The maximum Gasteiger partial charge on any atom is 0.328 e. The molecule has 0 radical (unpaired) electrons. The quantitative estimate of drug-likeness (QED) is 0.813. The Labute approximate surface area is 141 Å². The van der Waals surface area contributed by atoms with Crippen molar-refractivity contribution in [3.63, 3.8) is 0 Å². The van der Waals surface area contributed by atoms with E-state index in [1.807, 2.05) is 48.7 Å². The Balaban J connectivity index is 2.21. The average molecular weight is 330 g/mol. The molecular weight excluding hydrogens is 308 g/mol. The van der Waals surface area contributed by atoms with Gasteiger partial charge in [-0.2, -0.15) is 0 Å². The van der Waals surface area contributed by atoms with Crippen LogP contribution in [0, 0.1) is 13.8 Å². The second kappa shape index (κ2) is 7.79. The maximum absolute atomic E-state index is 12.4. The Morgan fingerprint density at radius 1 is 1.25 bits per heavy atom. The number of aryl methyl sites for hydroxylation is 1. The van der Waals surface area contributed by atoms with E-state index < -0.39 is 17.9 Å². The van der Waals surface area contributed by atoms with Crippen LogP contribution in [0.3, 0.4) is 0 Å². The molecule has 1 atom stereocenters. The first-order valence-electron chi connectivity index (χ1n) is 7.67. The molecule has 1 aromatic carbocycles. The first-order chi connectivity index (χ1) is 11.4. The molecule has 0 aliphatic heterocycles. The van der Waals surface area contributed by atoms with Gasteiger partial charge in [-0.05, 0) is 25.5 Å². The molecule has 1 unspecified atom stereocenters. The number of carboxylic acids is 1. The molecule has 0 aliphatic rings. The van der Waals surface area contributed by atoms with Crippen molar-refractivity contribution in [2.45, 2.75) is 26.4 Å². The van der Waals surface area contributed by atoms with Gasteiger partial charge in [-0.15, -0.1) is 0 Å². The molecular formula is C18H22N2O4. The molecule has 2 aromatic rings. The number of hydrogen-bond acceptors (Lipinski definition) is 3. The molecule has 24 heavy (non-hydrogen) atoms. The van der Waals surface area contributed by atoms with Gasteiger partial charge in [0, 0.05) is 25.0 Å². The zero-order valence-corrected chi connectivity index (χ0v) is 14.1. The van der Waals surface area contributed by atoms with Crippen molar-refractivity contribution >= 4 is 11.9 Å². The van der Waals surface area contributed by atoms with Crippen molar-refractivity contribution in [1.82, 2.24) is 9.88 Å². The fourth-order valence-electron chi connectivity index (χ4n) is 2.62. The Kier molecular flexibility index (Phi) is 5.76. The van der Waals surface area contributed by atoms with E-state index in [1.54, 1.807) is 6.07 Å². The lowest BCUT2D eigenvalue weighted by atomic mass is 10.2. The smallest absolute Gasteiger partial charge is 0.328 e. The molecule has 2 N–H and O–H groups in total.